The molecule has 1 aliphatic carbocycles. The molecule has 0 aromatic rings. The predicted octanol–water partition coefficient (Wildman–Crippen LogP) is 2.13. The molecule has 15 heavy (non-hydrogen) atoms. The summed E-state index contributed by atoms with van der Waals surface area (Å²) in [6.45, 7) is 2.07. The van der Waals surface area contributed by atoms with Gasteiger partial charge in [-0.3, -0.25) is 9.59 Å². The van der Waals surface area contributed by atoms with Crippen LogP contribution in [0.25, 0.3) is 0 Å². The highest BCUT2D eigenvalue weighted by molar-refractivity contribution is 5.72. The van der Waals surface area contributed by atoms with Crippen LogP contribution in [-0.4, -0.2) is 22.2 Å². The van der Waals surface area contributed by atoms with Crippen molar-refractivity contribution in [3.63, 3.8) is 0 Å². The van der Waals surface area contributed by atoms with E-state index in [9.17, 15) is 9.59 Å². The molecule has 0 spiro atoms. The molecule has 2 N–H and O–H groups in total. The third-order valence-corrected chi connectivity index (χ3v) is 3.24. The summed E-state index contributed by atoms with van der Waals surface area (Å²) in [5.74, 6) is -1.33. The number of aliphatic carboxylic acids is 2. The van der Waals surface area contributed by atoms with Crippen LogP contribution >= 0.6 is 0 Å². The summed E-state index contributed by atoms with van der Waals surface area (Å²) in [7, 11) is 0. The molecule has 86 valence electrons. The van der Waals surface area contributed by atoms with Crippen LogP contribution in [-0.2, 0) is 9.59 Å². The van der Waals surface area contributed by atoms with Crippen LogP contribution in [0.3, 0.4) is 0 Å². The van der Waals surface area contributed by atoms with Crippen molar-refractivity contribution >= 4 is 11.9 Å². The van der Waals surface area contributed by atoms with Crippen LogP contribution in [0, 0.1) is 11.3 Å². The van der Waals surface area contributed by atoms with E-state index in [1.165, 1.54) is 0 Å². The summed E-state index contributed by atoms with van der Waals surface area (Å²) in [5, 5.41) is 17.7. The van der Waals surface area contributed by atoms with E-state index in [0.29, 0.717) is 5.92 Å². The molecular weight excluding hydrogens is 196 g/mol. The molecule has 1 rings (SSSR count). The van der Waals surface area contributed by atoms with Gasteiger partial charge in [-0.15, -0.1) is 0 Å². The highest BCUT2D eigenvalue weighted by Gasteiger charge is 2.38. The van der Waals surface area contributed by atoms with Crippen molar-refractivity contribution in [3.05, 3.63) is 0 Å². The maximum absolute atomic E-state index is 10.8. The Morgan fingerprint density at radius 3 is 2.20 bits per heavy atom. The second-order valence-electron chi connectivity index (χ2n) is 4.84. The molecule has 0 amide bonds. The first-order valence-corrected chi connectivity index (χ1v) is 5.37. The minimum absolute atomic E-state index is 0.0103. The van der Waals surface area contributed by atoms with Gasteiger partial charge in [0.05, 0.1) is 12.8 Å². The molecule has 1 fully saturated rings. The van der Waals surface area contributed by atoms with E-state index in [2.05, 4.69) is 6.92 Å². The molecule has 1 saturated carbocycles. The third-order valence-electron chi connectivity index (χ3n) is 3.24. The molecule has 0 bridgehead atoms. The Hall–Kier alpha value is -1.06. The van der Waals surface area contributed by atoms with Crippen LogP contribution in [0.2, 0.25) is 0 Å². The Kier molecular flexibility index (Phi) is 3.72. The van der Waals surface area contributed by atoms with Crippen molar-refractivity contribution in [2.45, 2.75) is 45.4 Å². The number of hydrogen-bond acceptors (Lipinski definition) is 2. The molecule has 4 heteroatoms. The molecule has 0 aromatic carbocycles. The zero-order chi connectivity index (χ0) is 11.5. The van der Waals surface area contributed by atoms with E-state index in [4.69, 9.17) is 10.2 Å². The van der Waals surface area contributed by atoms with Crippen molar-refractivity contribution in [2.24, 2.45) is 11.3 Å². The molecule has 0 heterocycles. The second kappa shape index (κ2) is 4.64. The van der Waals surface area contributed by atoms with Crippen molar-refractivity contribution < 1.29 is 19.8 Å². The van der Waals surface area contributed by atoms with Crippen molar-refractivity contribution in [2.75, 3.05) is 0 Å². The maximum atomic E-state index is 10.8. The van der Waals surface area contributed by atoms with Gasteiger partial charge in [0.1, 0.15) is 0 Å². The molecule has 0 radical (unpaired) electrons. The summed E-state index contributed by atoms with van der Waals surface area (Å²) in [5.41, 5.74) is -0.505. The fourth-order valence-electron chi connectivity index (χ4n) is 2.79. The van der Waals surface area contributed by atoms with Crippen LogP contribution in [0.5, 0.6) is 0 Å². The number of carboxylic acids is 2. The van der Waals surface area contributed by atoms with E-state index in [1.54, 1.807) is 0 Å². The fraction of sp³-hybridized carbons (Fsp3) is 0.818. The quantitative estimate of drug-likeness (QED) is 0.751. The first-order valence-electron chi connectivity index (χ1n) is 5.37. The van der Waals surface area contributed by atoms with Gasteiger partial charge in [0.25, 0.3) is 0 Å². The Balaban J connectivity index is 2.74. The van der Waals surface area contributed by atoms with Gasteiger partial charge in [-0.1, -0.05) is 19.8 Å². The minimum Gasteiger partial charge on any atom is -0.481 e. The van der Waals surface area contributed by atoms with Gasteiger partial charge in [-0.2, -0.15) is 0 Å². The van der Waals surface area contributed by atoms with Gasteiger partial charge in [0.2, 0.25) is 0 Å². The molecule has 0 unspecified atom stereocenters. The molecule has 4 nitrogen and oxygen atoms in total. The van der Waals surface area contributed by atoms with Crippen molar-refractivity contribution in [1.82, 2.24) is 0 Å². The SMILES string of the molecule is C[C@H]1CCCC(CC(=O)O)(CC(=O)O)C1. The summed E-state index contributed by atoms with van der Waals surface area (Å²) >= 11 is 0. The Morgan fingerprint density at radius 2 is 1.80 bits per heavy atom. The first kappa shape index (κ1) is 12.0. The average molecular weight is 214 g/mol. The van der Waals surface area contributed by atoms with Gasteiger partial charge in [-0.05, 0) is 24.2 Å². The maximum Gasteiger partial charge on any atom is 0.303 e. The lowest BCUT2D eigenvalue weighted by Gasteiger charge is -2.38. The van der Waals surface area contributed by atoms with E-state index < -0.39 is 17.4 Å². The summed E-state index contributed by atoms with van der Waals surface area (Å²) in [4.78, 5) is 21.5. The summed E-state index contributed by atoms with van der Waals surface area (Å²) in [6, 6.07) is 0. The molecule has 0 aromatic heterocycles. The zero-order valence-electron chi connectivity index (χ0n) is 9.03. The largest absolute Gasteiger partial charge is 0.481 e. The minimum atomic E-state index is -0.884. The molecule has 0 saturated heterocycles. The van der Waals surface area contributed by atoms with Crippen molar-refractivity contribution in [1.29, 1.82) is 0 Å². The number of carboxylic acid groups (broad SMARTS) is 2. The lowest BCUT2D eigenvalue weighted by atomic mass is 9.66. The lowest BCUT2D eigenvalue weighted by Crippen LogP contribution is -2.32. The summed E-state index contributed by atoms with van der Waals surface area (Å²) < 4.78 is 0. The third kappa shape index (κ3) is 3.53. The lowest BCUT2D eigenvalue weighted by molar-refractivity contribution is -0.145. The molecule has 0 aliphatic heterocycles. The average Bonchev–Trinajstić information content (AvgIpc) is 1.99. The standard InChI is InChI=1S/C11H18O4/c1-8-3-2-4-11(5-8,6-9(12)13)7-10(14)15/h8H,2-7H2,1H3,(H,12,13)(H,14,15)/t8-/m0/s1. The van der Waals surface area contributed by atoms with Gasteiger partial charge in [0, 0.05) is 0 Å². The topological polar surface area (TPSA) is 74.6 Å². The monoisotopic (exact) mass is 214 g/mol. The van der Waals surface area contributed by atoms with Crippen LogP contribution in [0.1, 0.15) is 45.4 Å². The van der Waals surface area contributed by atoms with E-state index >= 15 is 0 Å². The molecule has 1 aliphatic rings. The second-order valence-corrected chi connectivity index (χ2v) is 4.84. The van der Waals surface area contributed by atoms with Gasteiger partial charge >= 0.3 is 11.9 Å². The van der Waals surface area contributed by atoms with Gasteiger partial charge in [0.15, 0.2) is 0 Å². The Morgan fingerprint density at radius 1 is 1.27 bits per heavy atom. The van der Waals surface area contributed by atoms with Crippen LogP contribution in [0.15, 0.2) is 0 Å². The van der Waals surface area contributed by atoms with Crippen LogP contribution < -0.4 is 0 Å². The normalized spacial score (nSPS) is 24.7. The van der Waals surface area contributed by atoms with Gasteiger partial charge < -0.3 is 10.2 Å². The molecular formula is C11H18O4. The summed E-state index contributed by atoms with van der Waals surface area (Å²) in [6.07, 6.45) is 3.47. The number of hydrogen-bond donors (Lipinski definition) is 2. The first-order chi connectivity index (χ1) is 6.93. The highest BCUT2D eigenvalue weighted by Crippen LogP contribution is 2.44. The number of rotatable bonds is 4. The van der Waals surface area contributed by atoms with Gasteiger partial charge in [-0.25, -0.2) is 0 Å². The van der Waals surface area contributed by atoms with Crippen molar-refractivity contribution in [3.8, 4) is 0 Å². The van der Waals surface area contributed by atoms with E-state index in [1.807, 2.05) is 0 Å². The smallest absolute Gasteiger partial charge is 0.303 e. The van der Waals surface area contributed by atoms with E-state index in [-0.39, 0.29) is 12.8 Å². The van der Waals surface area contributed by atoms with Crippen LogP contribution in [0.4, 0.5) is 0 Å². The Bertz CT molecular complexity index is 243. The number of carbonyl (C=O) groups is 2. The predicted molar refractivity (Wildman–Crippen MR) is 54.6 cm³/mol. The zero-order valence-corrected chi connectivity index (χ0v) is 9.03. The fourth-order valence-corrected chi connectivity index (χ4v) is 2.79. The highest BCUT2D eigenvalue weighted by atomic mass is 16.4. The molecule has 1 atom stereocenters. The Labute approximate surface area is 89.3 Å². The van der Waals surface area contributed by atoms with E-state index in [0.717, 1.165) is 25.7 Å².